The van der Waals surface area contributed by atoms with Crippen LogP contribution in [0.25, 0.3) is 0 Å². The van der Waals surface area contributed by atoms with Gasteiger partial charge in [-0.2, -0.15) is 0 Å². The van der Waals surface area contributed by atoms with Crippen molar-refractivity contribution >= 4 is 19.8 Å². The van der Waals surface area contributed by atoms with Gasteiger partial charge in [-0.15, -0.1) is 0 Å². The lowest BCUT2D eigenvalue weighted by Gasteiger charge is -2.24. The van der Waals surface area contributed by atoms with E-state index in [2.05, 4.69) is 13.8 Å². The van der Waals surface area contributed by atoms with Gasteiger partial charge < -0.3 is 18.9 Å². The standard InChI is InChI=1S/C41H82NO8P/c1-6-8-10-12-14-16-18-19-20-21-22-24-25-27-29-31-33-40(43)47-37-39(38-49-51(45,46)48-36-35-42(3,4)5)50-41(44)34-32-30-28-26-23-17-15-13-11-9-7-2/h39H,6-38H2,1-5H3/p+1/t39-/m1/s1. The molecular formula is C41H83NO8P+. The Morgan fingerprint density at radius 3 is 1.25 bits per heavy atom. The molecule has 0 aromatic carbocycles. The molecule has 0 rings (SSSR count). The van der Waals surface area contributed by atoms with Crippen molar-refractivity contribution in [2.75, 3.05) is 47.5 Å². The Kier molecular flexibility index (Phi) is 34.1. The van der Waals surface area contributed by atoms with Gasteiger partial charge in [-0.1, -0.05) is 174 Å². The van der Waals surface area contributed by atoms with Crippen LogP contribution in [0, 0.1) is 0 Å². The molecule has 0 aromatic rings. The van der Waals surface area contributed by atoms with Gasteiger partial charge in [0.15, 0.2) is 6.10 Å². The average Bonchev–Trinajstić information content (AvgIpc) is 3.07. The topological polar surface area (TPSA) is 108 Å². The number of carbonyl (C=O) groups is 2. The minimum absolute atomic E-state index is 0.0366. The van der Waals surface area contributed by atoms with Crippen molar-refractivity contribution in [2.45, 2.75) is 206 Å². The summed E-state index contributed by atoms with van der Waals surface area (Å²) in [5.41, 5.74) is 0. The van der Waals surface area contributed by atoms with Gasteiger partial charge in [-0.25, -0.2) is 4.57 Å². The molecular weight excluding hydrogens is 665 g/mol. The summed E-state index contributed by atoms with van der Waals surface area (Å²) in [7, 11) is 1.49. The van der Waals surface area contributed by atoms with Gasteiger partial charge in [-0.3, -0.25) is 18.6 Å². The predicted molar refractivity (Wildman–Crippen MR) is 211 cm³/mol. The molecule has 0 aliphatic rings. The number of hydrogen-bond donors (Lipinski definition) is 1. The third-order valence-corrected chi connectivity index (χ3v) is 10.4. The fraction of sp³-hybridized carbons (Fsp3) is 0.951. The molecule has 0 saturated carbocycles. The molecule has 0 saturated heterocycles. The van der Waals surface area contributed by atoms with Gasteiger partial charge >= 0.3 is 19.8 Å². The van der Waals surface area contributed by atoms with Gasteiger partial charge in [0, 0.05) is 12.8 Å². The third kappa shape index (κ3) is 38.5. The molecule has 0 spiro atoms. The van der Waals surface area contributed by atoms with Crippen molar-refractivity contribution in [3.8, 4) is 0 Å². The second-order valence-corrected chi connectivity index (χ2v) is 17.2. The molecule has 0 aliphatic carbocycles. The monoisotopic (exact) mass is 749 g/mol. The Labute approximate surface area is 314 Å². The van der Waals surface area contributed by atoms with E-state index >= 15 is 0 Å². The zero-order valence-electron chi connectivity index (χ0n) is 34.1. The maximum Gasteiger partial charge on any atom is 0.472 e. The third-order valence-electron chi connectivity index (χ3n) is 9.39. The molecule has 1 N–H and O–H groups in total. The Hall–Kier alpha value is -0.990. The van der Waals surface area contributed by atoms with E-state index in [4.69, 9.17) is 18.5 Å². The fourth-order valence-corrected chi connectivity index (χ4v) is 6.76. The lowest BCUT2D eigenvalue weighted by molar-refractivity contribution is -0.870. The molecule has 0 aromatic heterocycles. The van der Waals surface area contributed by atoms with Crippen LogP contribution in [0.1, 0.15) is 200 Å². The first-order chi connectivity index (χ1) is 24.5. The first-order valence-electron chi connectivity index (χ1n) is 21.3. The Morgan fingerprint density at radius 2 is 0.882 bits per heavy atom. The molecule has 9 nitrogen and oxygen atoms in total. The molecule has 0 aliphatic heterocycles. The van der Waals surface area contributed by atoms with E-state index < -0.39 is 26.5 Å². The Morgan fingerprint density at radius 1 is 0.529 bits per heavy atom. The van der Waals surface area contributed by atoms with E-state index in [0.717, 1.165) is 32.1 Å². The summed E-state index contributed by atoms with van der Waals surface area (Å²) < 4.78 is 34.2. The number of unbranched alkanes of at least 4 members (excludes halogenated alkanes) is 25. The molecule has 10 heteroatoms. The van der Waals surface area contributed by atoms with Gasteiger partial charge in [0.25, 0.3) is 0 Å². The number of esters is 2. The van der Waals surface area contributed by atoms with Crippen molar-refractivity contribution in [3.05, 3.63) is 0 Å². The quantitative estimate of drug-likeness (QED) is 0.0286. The SMILES string of the molecule is CCCCCCCCCCCCCCCCCCC(=O)OC[C@H](COP(=O)(O)OCC[N+](C)(C)C)OC(=O)CCCCCCCCCCCCC. The lowest BCUT2D eigenvalue weighted by Crippen LogP contribution is -2.37. The number of ether oxygens (including phenoxy) is 2. The van der Waals surface area contributed by atoms with Gasteiger partial charge in [0.1, 0.15) is 19.8 Å². The highest BCUT2D eigenvalue weighted by molar-refractivity contribution is 7.47. The van der Waals surface area contributed by atoms with Crippen LogP contribution >= 0.6 is 7.82 Å². The van der Waals surface area contributed by atoms with Crippen LogP contribution < -0.4 is 0 Å². The highest BCUT2D eigenvalue weighted by atomic mass is 31.2. The van der Waals surface area contributed by atoms with Crippen LogP contribution in [0.3, 0.4) is 0 Å². The smallest absolute Gasteiger partial charge is 0.462 e. The first kappa shape index (κ1) is 50.0. The summed E-state index contributed by atoms with van der Waals surface area (Å²) in [6.07, 6.45) is 32.9. The predicted octanol–water partition coefficient (Wildman–Crippen LogP) is 11.6. The van der Waals surface area contributed by atoms with Crippen LogP contribution in [-0.4, -0.2) is 74.9 Å². The normalized spacial score (nSPS) is 13.6. The van der Waals surface area contributed by atoms with E-state index in [-0.39, 0.29) is 25.6 Å². The number of carbonyl (C=O) groups excluding carboxylic acids is 2. The molecule has 304 valence electrons. The van der Waals surface area contributed by atoms with E-state index in [1.165, 1.54) is 135 Å². The summed E-state index contributed by atoms with van der Waals surface area (Å²) in [5.74, 6) is -0.787. The first-order valence-corrected chi connectivity index (χ1v) is 22.8. The maximum atomic E-state index is 12.6. The fourth-order valence-electron chi connectivity index (χ4n) is 6.01. The number of nitrogens with zero attached hydrogens (tertiary/aromatic N) is 1. The van der Waals surface area contributed by atoms with Crippen molar-refractivity contribution in [2.24, 2.45) is 0 Å². The summed E-state index contributed by atoms with van der Waals surface area (Å²) in [4.78, 5) is 35.2. The second-order valence-electron chi connectivity index (χ2n) is 15.7. The lowest BCUT2D eigenvalue weighted by atomic mass is 10.0. The highest BCUT2D eigenvalue weighted by Crippen LogP contribution is 2.43. The largest absolute Gasteiger partial charge is 0.472 e. The molecule has 0 radical (unpaired) electrons. The molecule has 1 unspecified atom stereocenters. The van der Waals surface area contributed by atoms with E-state index in [9.17, 15) is 19.0 Å². The number of quaternary nitrogens is 1. The zero-order chi connectivity index (χ0) is 37.9. The summed E-state index contributed by atoms with van der Waals surface area (Å²) >= 11 is 0. The van der Waals surface area contributed by atoms with Crippen LogP contribution in [-0.2, 0) is 32.7 Å². The van der Waals surface area contributed by atoms with E-state index in [1.807, 2.05) is 21.1 Å². The summed E-state index contributed by atoms with van der Waals surface area (Å²) in [6, 6.07) is 0. The number of phosphoric acid groups is 1. The summed E-state index contributed by atoms with van der Waals surface area (Å²) in [6.45, 7) is 4.44. The van der Waals surface area contributed by atoms with Crippen LogP contribution in [0.2, 0.25) is 0 Å². The Balaban J connectivity index is 4.31. The second kappa shape index (κ2) is 34.8. The number of phosphoric ester groups is 1. The number of likely N-dealkylation sites (N-methyl/N-ethyl adjacent to an activating group) is 1. The van der Waals surface area contributed by atoms with E-state index in [1.54, 1.807) is 0 Å². The molecule has 0 amide bonds. The van der Waals surface area contributed by atoms with Crippen molar-refractivity contribution in [3.63, 3.8) is 0 Å². The van der Waals surface area contributed by atoms with Crippen molar-refractivity contribution in [1.29, 1.82) is 0 Å². The minimum Gasteiger partial charge on any atom is -0.462 e. The molecule has 0 fully saturated rings. The molecule has 51 heavy (non-hydrogen) atoms. The maximum absolute atomic E-state index is 12.6. The highest BCUT2D eigenvalue weighted by Gasteiger charge is 2.27. The van der Waals surface area contributed by atoms with Crippen LogP contribution in [0.4, 0.5) is 0 Å². The minimum atomic E-state index is -4.36. The zero-order valence-corrected chi connectivity index (χ0v) is 35.0. The van der Waals surface area contributed by atoms with Crippen LogP contribution in [0.5, 0.6) is 0 Å². The van der Waals surface area contributed by atoms with Crippen molar-refractivity contribution < 1.29 is 42.1 Å². The molecule has 2 atom stereocenters. The molecule has 0 bridgehead atoms. The van der Waals surface area contributed by atoms with Gasteiger partial charge in [0.05, 0.1) is 27.7 Å². The van der Waals surface area contributed by atoms with E-state index in [0.29, 0.717) is 23.9 Å². The van der Waals surface area contributed by atoms with Crippen molar-refractivity contribution in [1.82, 2.24) is 0 Å². The van der Waals surface area contributed by atoms with Gasteiger partial charge in [0.2, 0.25) is 0 Å². The Bertz CT molecular complexity index is 850. The van der Waals surface area contributed by atoms with Crippen LogP contribution in [0.15, 0.2) is 0 Å². The average molecular weight is 749 g/mol. The number of rotatable bonds is 39. The number of hydrogen-bond acceptors (Lipinski definition) is 7. The molecule has 0 heterocycles. The summed E-state index contributed by atoms with van der Waals surface area (Å²) in [5, 5.41) is 0. The van der Waals surface area contributed by atoms with Gasteiger partial charge in [-0.05, 0) is 12.8 Å².